The molecule has 3 atom stereocenters. The standard InChI is InChI=1S/C27H54N3O4P/c1-7-25(31,8-2)22-16-13-19-28(22)35(34,29-20-14-17-23(29)26(32,9-3)10-4)30-21-15-18-24(30)27(33,11-5)12-6/h22-24,31-33H,7-21H2,1-6H3/t22-,23-,24-/m0/s1. The molecule has 206 valence electrons. The normalized spacial score (nSPS) is 28.4. The summed E-state index contributed by atoms with van der Waals surface area (Å²) in [4.78, 5) is 0. The van der Waals surface area contributed by atoms with E-state index in [-0.39, 0.29) is 18.1 Å². The third-order valence-electron chi connectivity index (χ3n) is 10.2. The highest BCUT2D eigenvalue weighted by Crippen LogP contribution is 2.66. The summed E-state index contributed by atoms with van der Waals surface area (Å²) >= 11 is 0. The minimum atomic E-state index is -3.38. The van der Waals surface area contributed by atoms with E-state index in [1.807, 2.05) is 41.5 Å². The van der Waals surface area contributed by atoms with Crippen molar-refractivity contribution in [1.29, 1.82) is 0 Å². The molecule has 0 aromatic rings. The minimum Gasteiger partial charge on any atom is -0.388 e. The van der Waals surface area contributed by atoms with Gasteiger partial charge in [0.1, 0.15) is 0 Å². The summed E-state index contributed by atoms with van der Waals surface area (Å²) in [6, 6.07) is -0.546. The molecule has 3 rings (SSSR count). The zero-order valence-electron chi connectivity index (χ0n) is 23.4. The van der Waals surface area contributed by atoms with Gasteiger partial charge in [0.05, 0.1) is 16.8 Å². The Morgan fingerprint density at radius 1 is 0.571 bits per heavy atom. The molecule has 0 aliphatic carbocycles. The second kappa shape index (κ2) is 11.4. The predicted molar refractivity (Wildman–Crippen MR) is 143 cm³/mol. The lowest BCUT2D eigenvalue weighted by Crippen LogP contribution is -2.58. The zero-order chi connectivity index (χ0) is 26.1. The molecule has 0 unspecified atom stereocenters. The average molecular weight is 516 g/mol. The molecule has 0 aromatic heterocycles. The van der Waals surface area contributed by atoms with E-state index in [9.17, 15) is 15.3 Å². The number of rotatable bonds is 12. The minimum absolute atomic E-state index is 0.182. The fourth-order valence-corrected chi connectivity index (χ4v) is 11.6. The molecular weight excluding hydrogens is 461 g/mol. The summed E-state index contributed by atoms with van der Waals surface area (Å²) in [7, 11) is -3.38. The number of hydrogen-bond acceptors (Lipinski definition) is 4. The van der Waals surface area contributed by atoms with Gasteiger partial charge in [0.2, 0.25) is 0 Å². The molecule has 3 fully saturated rings. The van der Waals surface area contributed by atoms with Gasteiger partial charge in [-0.3, -0.25) is 4.57 Å². The van der Waals surface area contributed by atoms with Gasteiger partial charge in [-0.05, 0) is 77.0 Å². The Labute approximate surface area is 214 Å². The molecule has 7 nitrogen and oxygen atoms in total. The van der Waals surface area contributed by atoms with Gasteiger partial charge in [0.15, 0.2) is 0 Å². The number of aliphatic hydroxyl groups is 3. The van der Waals surface area contributed by atoms with Crippen molar-refractivity contribution >= 4 is 7.59 Å². The maximum Gasteiger partial charge on any atom is 0.287 e. The fraction of sp³-hybridized carbons (Fsp3) is 1.00. The van der Waals surface area contributed by atoms with Crippen LogP contribution in [0.25, 0.3) is 0 Å². The van der Waals surface area contributed by atoms with Gasteiger partial charge in [0, 0.05) is 37.8 Å². The summed E-state index contributed by atoms with van der Waals surface area (Å²) in [5.74, 6) is 0. The van der Waals surface area contributed by atoms with Crippen LogP contribution in [0.5, 0.6) is 0 Å². The van der Waals surface area contributed by atoms with Crippen molar-refractivity contribution < 1.29 is 19.9 Å². The molecule has 0 radical (unpaired) electrons. The van der Waals surface area contributed by atoms with Gasteiger partial charge in [-0.1, -0.05) is 41.5 Å². The van der Waals surface area contributed by atoms with Crippen LogP contribution in [-0.4, -0.2) is 83.9 Å². The molecular formula is C27H54N3O4P. The van der Waals surface area contributed by atoms with Crippen molar-refractivity contribution in [3.8, 4) is 0 Å². The topological polar surface area (TPSA) is 87.5 Å². The summed E-state index contributed by atoms with van der Waals surface area (Å²) in [5.41, 5.74) is -2.68. The molecule has 8 heteroatoms. The Morgan fingerprint density at radius 2 is 0.800 bits per heavy atom. The molecule has 0 bridgehead atoms. The molecule has 3 saturated heterocycles. The first kappa shape index (κ1) is 29.5. The Hall–Kier alpha value is -0.0100. The van der Waals surface area contributed by atoms with Gasteiger partial charge >= 0.3 is 0 Å². The van der Waals surface area contributed by atoms with Crippen molar-refractivity contribution in [3.63, 3.8) is 0 Å². The van der Waals surface area contributed by atoms with Crippen LogP contribution >= 0.6 is 7.59 Å². The van der Waals surface area contributed by atoms with Gasteiger partial charge < -0.3 is 15.3 Å². The first-order valence-corrected chi connectivity index (χ1v) is 16.2. The Balaban J connectivity index is 2.17. The summed E-state index contributed by atoms with van der Waals surface area (Å²) < 4.78 is 22.4. The fourth-order valence-electron chi connectivity index (χ4n) is 7.43. The third kappa shape index (κ3) is 4.93. The zero-order valence-corrected chi connectivity index (χ0v) is 24.3. The van der Waals surface area contributed by atoms with Crippen molar-refractivity contribution in [1.82, 2.24) is 14.0 Å². The highest BCUT2D eigenvalue weighted by atomic mass is 31.2. The van der Waals surface area contributed by atoms with Crippen LogP contribution in [0.15, 0.2) is 0 Å². The van der Waals surface area contributed by atoms with Crippen LogP contribution in [0.2, 0.25) is 0 Å². The van der Waals surface area contributed by atoms with Crippen LogP contribution in [-0.2, 0) is 4.57 Å². The lowest BCUT2D eigenvalue weighted by Gasteiger charge is -2.53. The van der Waals surface area contributed by atoms with Crippen LogP contribution in [0.3, 0.4) is 0 Å². The third-order valence-corrected chi connectivity index (χ3v) is 13.7. The monoisotopic (exact) mass is 515 g/mol. The van der Waals surface area contributed by atoms with Crippen LogP contribution in [0, 0.1) is 0 Å². The highest BCUT2D eigenvalue weighted by molar-refractivity contribution is 7.56. The second-order valence-electron chi connectivity index (χ2n) is 11.4. The molecule has 0 spiro atoms. The molecule has 3 aliphatic heterocycles. The summed E-state index contributed by atoms with van der Waals surface area (Å²) in [6.07, 6.45) is 8.96. The van der Waals surface area contributed by atoms with Crippen LogP contribution in [0.4, 0.5) is 0 Å². The molecule has 3 N–H and O–H groups in total. The van der Waals surface area contributed by atoms with Gasteiger partial charge in [-0.25, -0.2) is 14.0 Å². The lowest BCUT2D eigenvalue weighted by molar-refractivity contribution is -0.0443. The predicted octanol–water partition coefficient (Wildman–Crippen LogP) is 5.14. The molecule has 0 aromatic carbocycles. The molecule has 0 amide bonds. The van der Waals surface area contributed by atoms with Gasteiger partial charge in [0.25, 0.3) is 7.59 Å². The van der Waals surface area contributed by atoms with Crippen molar-refractivity contribution in [2.75, 3.05) is 19.6 Å². The second-order valence-corrected chi connectivity index (χ2v) is 14.0. The summed E-state index contributed by atoms with van der Waals surface area (Å²) in [6.45, 7) is 14.2. The van der Waals surface area contributed by atoms with Crippen molar-refractivity contribution in [2.24, 2.45) is 0 Å². The SMILES string of the molecule is CCC(O)(CC)[C@@H]1CCCN1P(=O)(N1CCC[C@H]1C(O)(CC)CC)N1CCC[C@H]1C(O)(CC)CC. The van der Waals surface area contributed by atoms with E-state index in [0.29, 0.717) is 58.2 Å². The number of nitrogens with zero attached hydrogens (tertiary/aromatic N) is 3. The maximum atomic E-state index is 15.9. The Morgan fingerprint density at radius 3 is 1.00 bits per heavy atom. The van der Waals surface area contributed by atoms with E-state index in [2.05, 4.69) is 14.0 Å². The smallest absolute Gasteiger partial charge is 0.287 e. The first-order chi connectivity index (χ1) is 16.5. The van der Waals surface area contributed by atoms with Gasteiger partial charge in [-0.2, -0.15) is 0 Å². The summed E-state index contributed by atoms with van der Waals surface area (Å²) in [5, 5.41) is 35.1. The Kier molecular flexibility index (Phi) is 9.61. The largest absolute Gasteiger partial charge is 0.388 e. The highest BCUT2D eigenvalue weighted by Gasteiger charge is 2.60. The lowest BCUT2D eigenvalue weighted by atomic mass is 9.87. The van der Waals surface area contributed by atoms with Crippen LogP contribution in [0.1, 0.15) is 119 Å². The van der Waals surface area contributed by atoms with E-state index in [1.165, 1.54) is 0 Å². The van der Waals surface area contributed by atoms with E-state index < -0.39 is 24.4 Å². The van der Waals surface area contributed by atoms with E-state index in [4.69, 9.17) is 0 Å². The van der Waals surface area contributed by atoms with E-state index in [1.54, 1.807) is 0 Å². The quantitative estimate of drug-likeness (QED) is 0.310. The average Bonchev–Trinajstić information content (AvgIpc) is 3.67. The molecule has 3 heterocycles. The Bertz CT molecular complexity index is 643. The van der Waals surface area contributed by atoms with Crippen molar-refractivity contribution in [3.05, 3.63) is 0 Å². The number of hydrogen-bond donors (Lipinski definition) is 3. The van der Waals surface area contributed by atoms with Crippen LogP contribution < -0.4 is 0 Å². The van der Waals surface area contributed by atoms with E-state index in [0.717, 1.165) is 38.5 Å². The van der Waals surface area contributed by atoms with E-state index >= 15 is 4.57 Å². The molecule has 0 saturated carbocycles. The maximum absolute atomic E-state index is 15.9. The molecule has 35 heavy (non-hydrogen) atoms. The van der Waals surface area contributed by atoms with Crippen molar-refractivity contribution in [2.45, 2.75) is 154 Å². The first-order valence-electron chi connectivity index (χ1n) is 14.6. The van der Waals surface area contributed by atoms with Gasteiger partial charge in [-0.15, -0.1) is 0 Å². The molecule has 3 aliphatic rings.